The topological polar surface area (TPSA) is 16.4 Å². The average molecular weight is 888 g/mol. The van der Waals surface area contributed by atoms with Gasteiger partial charge in [0.25, 0.3) is 0 Å². The molecule has 2 nitrogen and oxygen atoms in total. The first-order valence-corrected chi connectivity index (χ1v) is 24.2. The molecule has 0 amide bonds. The summed E-state index contributed by atoms with van der Waals surface area (Å²) >= 11 is 0. The fourth-order valence-electron chi connectivity index (χ4n) is 11.2. The van der Waals surface area contributed by atoms with Gasteiger partial charge in [-0.3, -0.25) is 0 Å². The van der Waals surface area contributed by atoms with E-state index in [1.165, 1.54) is 61.2 Å². The Morgan fingerprint density at radius 2 is 1.01 bits per heavy atom. The van der Waals surface area contributed by atoms with Gasteiger partial charge in [-0.25, -0.2) is 0 Å². The van der Waals surface area contributed by atoms with Crippen molar-refractivity contribution in [2.45, 2.75) is 44.9 Å². The lowest BCUT2D eigenvalue weighted by molar-refractivity contribution is 0.533. The molecule has 0 spiro atoms. The van der Waals surface area contributed by atoms with Crippen LogP contribution in [0.1, 0.15) is 56.4 Å². The summed E-state index contributed by atoms with van der Waals surface area (Å²) in [6, 6.07) is 76.8. The third-order valence-corrected chi connectivity index (χ3v) is 14.8. The minimum atomic E-state index is -0.320. The van der Waals surface area contributed by atoms with Gasteiger partial charge < -0.3 is 9.32 Å². The molecule has 0 N–H and O–H groups in total. The number of anilines is 3. The second-order valence-electron chi connectivity index (χ2n) is 19.9. The molecule has 0 fully saturated rings. The Hall–Kier alpha value is -8.20. The number of nitrogens with zero attached hydrogens (tertiary/aromatic N) is 1. The van der Waals surface area contributed by atoms with Gasteiger partial charge in [-0.2, -0.15) is 0 Å². The van der Waals surface area contributed by atoms with E-state index < -0.39 is 0 Å². The van der Waals surface area contributed by atoms with Gasteiger partial charge in [-0.05, 0) is 133 Å². The average Bonchev–Trinajstić information content (AvgIpc) is 3.88. The molecule has 1 heterocycles. The Morgan fingerprint density at radius 1 is 0.478 bits per heavy atom. The summed E-state index contributed by atoms with van der Waals surface area (Å²) in [6.07, 6.45) is 5.79. The number of para-hydroxylation sites is 2. The zero-order valence-electron chi connectivity index (χ0n) is 39.6. The third-order valence-electron chi connectivity index (χ3n) is 14.8. The molecule has 1 aromatic heterocycles. The molecule has 2 aliphatic carbocycles. The Balaban J connectivity index is 1.03. The minimum Gasteiger partial charge on any atom is -0.455 e. The number of hydrogen-bond donors (Lipinski definition) is 0. The van der Waals surface area contributed by atoms with E-state index in [1.807, 2.05) is 12.1 Å². The first-order valence-electron chi connectivity index (χ1n) is 24.2. The van der Waals surface area contributed by atoms with Gasteiger partial charge in [-0.1, -0.05) is 210 Å². The maximum atomic E-state index is 6.52. The Bertz CT molecular complexity index is 3660. The summed E-state index contributed by atoms with van der Waals surface area (Å²) in [5, 5.41) is 2.26. The van der Waals surface area contributed by atoms with Crippen LogP contribution in [0.5, 0.6) is 0 Å². The largest absolute Gasteiger partial charge is 0.455 e. The molecular weight excluding hydrogens is 835 g/mol. The van der Waals surface area contributed by atoms with Crippen LogP contribution in [-0.2, 0) is 10.8 Å². The number of allylic oxidation sites excluding steroid dienone is 5. The molecule has 69 heavy (non-hydrogen) atoms. The molecule has 0 saturated heterocycles. The quantitative estimate of drug-likeness (QED) is 0.159. The molecule has 2 heteroatoms. The van der Waals surface area contributed by atoms with Gasteiger partial charge in [0, 0.05) is 38.7 Å². The summed E-state index contributed by atoms with van der Waals surface area (Å²) in [5.41, 5.74) is 22.7. The summed E-state index contributed by atoms with van der Waals surface area (Å²) in [6.45, 7) is 14.7. The Labute approximate surface area is 405 Å². The summed E-state index contributed by atoms with van der Waals surface area (Å²) in [4.78, 5) is 2.43. The first-order chi connectivity index (χ1) is 33.6. The van der Waals surface area contributed by atoms with E-state index in [0.717, 1.165) is 67.7 Å². The molecule has 0 bridgehead atoms. The Kier molecular flexibility index (Phi) is 10.1. The van der Waals surface area contributed by atoms with Crippen LogP contribution in [0.3, 0.4) is 0 Å². The molecule has 0 atom stereocenters. The highest BCUT2D eigenvalue weighted by atomic mass is 16.3. The summed E-state index contributed by atoms with van der Waals surface area (Å²) in [7, 11) is 0. The Morgan fingerprint density at radius 3 is 1.70 bits per heavy atom. The van der Waals surface area contributed by atoms with Crippen LogP contribution in [0.25, 0.3) is 77.6 Å². The van der Waals surface area contributed by atoms with Crippen molar-refractivity contribution in [2.75, 3.05) is 4.90 Å². The van der Waals surface area contributed by atoms with Crippen molar-refractivity contribution in [1.29, 1.82) is 0 Å². The summed E-state index contributed by atoms with van der Waals surface area (Å²) in [5.74, 6) is 0. The van der Waals surface area contributed by atoms with Crippen molar-refractivity contribution in [3.63, 3.8) is 0 Å². The van der Waals surface area contributed by atoms with Crippen LogP contribution >= 0.6 is 0 Å². The van der Waals surface area contributed by atoms with Crippen molar-refractivity contribution < 1.29 is 4.42 Å². The maximum Gasteiger partial charge on any atom is 0.143 e. The molecular formula is C67H53NO. The number of furan rings is 1. The highest BCUT2D eigenvalue weighted by Gasteiger charge is 2.42. The van der Waals surface area contributed by atoms with Crippen molar-refractivity contribution in [3.05, 3.63) is 259 Å². The van der Waals surface area contributed by atoms with E-state index in [2.05, 4.69) is 245 Å². The van der Waals surface area contributed by atoms with E-state index in [4.69, 9.17) is 11.0 Å². The second-order valence-corrected chi connectivity index (χ2v) is 19.9. The van der Waals surface area contributed by atoms with Crippen LogP contribution < -0.4 is 4.90 Å². The normalized spacial score (nSPS) is 15.5. The molecule has 0 radical (unpaired) electrons. The number of rotatable bonds is 7. The predicted octanol–water partition coefficient (Wildman–Crippen LogP) is 18.7. The molecule has 9 aromatic carbocycles. The van der Waals surface area contributed by atoms with Crippen molar-refractivity contribution in [2.24, 2.45) is 0 Å². The van der Waals surface area contributed by atoms with E-state index in [9.17, 15) is 0 Å². The van der Waals surface area contributed by atoms with Crippen molar-refractivity contribution in [3.8, 4) is 44.5 Å². The zero-order valence-corrected chi connectivity index (χ0v) is 39.6. The van der Waals surface area contributed by atoms with Crippen LogP contribution in [0.15, 0.2) is 241 Å². The highest BCUT2D eigenvalue weighted by molar-refractivity contribution is 6.09. The molecule has 0 aliphatic heterocycles. The maximum absolute atomic E-state index is 6.52. The first kappa shape index (κ1) is 42.2. The van der Waals surface area contributed by atoms with Crippen LogP contribution in [0.4, 0.5) is 17.1 Å². The second kappa shape index (κ2) is 16.5. The molecule has 10 aromatic rings. The lowest BCUT2D eigenvalue weighted by Crippen LogP contribution is -2.21. The van der Waals surface area contributed by atoms with Gasteiger partial charge in [0.1, 0.15) is 11.2 Å². The molecule has 0 unspecified atom stereocenters. The standard InChI is InChI=1S/C67H53NO/c1-44-41-60-54(58-43-50(46-21-11-7-12-22-46)42-57(64(58)67(60,4)5)48-23-13-8-14-24-48)39-40-66(2,3)59-28-18-29-61(63(44)59)68(51-35-31-47(32-36-51)45-19-9-6-10-20-45)52-37-33-49(34-38-52)53-26-17-27-56-55-25-15-16-30-62(55)69-65(53)56/h6-39,41-43H,1,40H2,2-5H3/b54-39-,60-41?. The lowest BCUT2D eigenvalue weighted by Gasteiger charge is -2.33. The number of benzene rings is 9. The van der Waals surface area contributed by atoms with Gasteiger partial charge in [0.15, 0.2) is 0 Å². The lowest BCUT2D eigenvalue weighted by atomic mass is 9.76. The molecule has 332 valence electrons. The third kappa shape index (κ3) is 7.18. The number of fused-ring (bicyclic) bond motifs is 7. The SMILES string of the molecule is C=C1C=C2/C(=C\CC(C)(C)c3cccc(N(c4ccc(-c5ccccc5)cc4)c4ccc(-c5cccc6c5oc5ccccc56)cc4)c31)c1cc(-c3ccccc3)cc(-c3ccccc3)c1C2(C)C. The minimum absolute atomic E-state index is 0.241. The van der Waals surface area contributed by atoms with E-state index in [-0.39, 0.29) is 10.8 Å². The highest BCUT2D eigenvalue weighted by Crippen LogP contribution is 2.57. The molecule has 0 saturated carbocycles. The smallest absolute Gasteiger partial charge is 0.143 e. The van der Waals surface area contributed by atoms with E-state index in [1.54, 1.807) is 0 Å². The zero-order chi connectivity index (χ0) is 46.9. The summed E-state index contributed by atoms with van der Waals surface area (Å²) < 4.78 is 6.52. The van der Waals surface area contributed by atoms with Crippen molar-refractivity contribution >= 4 is 50.1 Å². The predicted molar refractivity (Wildman–Crippen MR) is 292 cm³/mol. The van der Waals surface area contributed by atoms with Gasteiger partial charge in [0.2, 0.25) is 0 Å². The van der Waals surface area contributed by atoms with Crippen molar-refractivity contribution in [1.82, 2.24) is 0 Å². The molecule has 12 rings (SSSR count). The molecule has 2 aliphatic rings. The fourth-order valence-corrected chi connectivity index (χ4v) is 11.2. The number of hydrogen-bond acceptors (Lipinski definition) is 2. The van der Waals surface area contributed by atoms with Crippen LogP contribution in [0, 0.1) is 0 Å². The van der Waals surface area contributed by atoms with Gasteiger partial charge in [-0.15, -0.1) is 0 Å². The van der Waals surface area contributed by atoms with E-state index >= 15 is 0 Å². The monoisotopic (exact) mass is 887 g/mol. The van der Waals surface area contributed by atoms with Crippen LogP contribution in [0.2, 0.25) is 0 Å². The van der Waals surface area contributed by atoms with Gasteiger partial charge >= 0.3 is 0 Å². The van der Waals surface area contributed by atoms with Gasteiger partial charge in [0.05, 0.1) is 5.69 Å². The van der Waals surface area contributed by atoms with Crippen LogP contribution in [-0.4, -0.2) is 0 Å². The van der Waals surface area contributed by atoms with E-state index in [0.29, 0.717) is 0 Å². The fraction of sp³-hybridized carbons (Fsp3) is 0.104.